The molecule has 2 aliphatic rings. The van der Waals surface area contributed by atoms with Crippen LogP contribution < -0.4 is 0 Å². The van der Waals surface area contributed by atoms with E-state index in [1.54, 1.807) is 0 Å². The quantitative estimate of drug-likeness (QED) is 0.311. The lowest BCUT2D eigenvalue weighted by Gasteiger charge is -2.42. The maximum atomic E-state index is 14.0. The van der Waals surface area contributed by atoms with Crippen LogP contribution in [0.15, 0.2) is 72.3 Å². The van der Waals surface area contributed by atoms with Gasteiger partial charge in [-0.3, -0.25) is 9.80 Å². The van der Waals surface area contributed by atoms with Crippen LogP contribution in [0.2, 0.25) is 5.02 Å². The van der Waals surface area contributed by atoms with Crippen LogP contribution in [0.3, 0.4) is 0 Å². The molecule has 0 radical (unpaired) electrons. The standard InChI is InChI=1S/C31H33ClF2N2O2S/c1-20-4-5-21(2)36(20)17-22-6-8-23(9-7-22)30(24-10-12-27(32)13-11-24)35-18-26(19-35)31(39(3,37)38)25-14-28(33)16-29(34)15-25/h6-16,20-21,30H,4-5,17-19H2,1-3H3/t20?,21?,30-/m1/s1. The molecule has 4 nitrogen and oxygen atoms in total. The molecule has 5 rings (SSSR count). The second-order valence-electron chi connectivity index (χ2n) is 10.9. The Morgan fingerprint density at radius 3 is 1.92 bits per heavy atom. The van der Waals surface area contributed by atoms with Crippen molar-refractivity contribution in [1.29, 1.82) is 0 Å². The number of likely N-dealkylation sites (tertiary alicyclic amines) is 2. The van der Waals surface area contributed by atoms with Gasteiger partial charge in [-0.15, -0.1) is 0 Å². The minimum atomic E-state index is -3.72. The molecule has 3 aromatic carbocycles. The van der Waals surface area contributed by atoms with Crippen molar-refractivity contribution < 1.29 is 17.2 Å². The third kappa shape index (κ3) is 6.12. The first-order valence-electron chi connectivity index (χ1n) is 13.2. The zero-order valence-electron chi connectivity index (χ0n) is 22.4. The summed E-state index contributed by atoms with van der Waals surface area (Å²) >= 11 is 6.17. The van der Waals surface area contributed by atoms with Crippen molar-refractivity contribution in [2.24, 2.45) is 0 Å². The number of hydrogen-bond acceptors (Lipinski definition) is 4. The Morgan fingerprint density at radius 2 is 1.41 bits per heavy atom. The molecule has 39 heavy (non-hydrogen) atoms. The Balaban J connectivity index is 1.45. The largest absolute Gasteiger partial charge is 0.294 e. The number of sulfone groups is 1. The van der Waals surface area contributed by atoms with Gasteiger partial charge in [-0.2, -0.15) is 0 Å². The Morgan fingerprint density at radius 1 is 0.897 bits per heavy atom. The monoisotopic (exact) mass is 570 g/mol. The third-order valence-corrected chi connectivity index (χ3v) is 9.47. The molecule has 0 aromatic heterocycles. The van der Waals surface area contributed by atoms with Gasteiger partial charge in [-0.05, 0) is 78.8 Å². The molecule has 2 saturated heterocycles. The summed E-state index contributed by atoms with van der Waals surface area (Å²) in [7, 11) is -3.72. The van der Waals surface area contributed by atoms with Crippen LogP contribution in [0.1, 0.15) is 55.0 Å². The molecule has 2 fully saturated rings. The average Bonchev–Trinajstić information content (AvgIpc) is 3.15. The summed E-state index contributed by atoms with van der Waals surface area (Å²) in [5.74, 6) is -1.61. The molecular formula is C31H33ClF2N2O2S. The summed E-state index contributed by atoms with van der Waals surface area (Å²) in [6.07, 6.45) is 3.53. The molecule has 206 valence electrons. The molecule has 3 atom stereocenters. The summed E-state index contributed by atoms with van der Waals surface area (Å²) in [6.45, 7) is 6.20. The molecule has 0 amide bonds. The van der Waals surface area contributed by atoms with Crippen LogP contribution >= 0.6 is 11.6 Å². The number of rotatable bonds is 7. The third-order valence-electron chi connectivity index (χ3n) is 7.95. The van der Waals surface area contributed by atoms with E-state index in [-0.39, 0.29) is 16.5 Å². The highest BCUT2D eigenvalue weighted by Gasteiger charge is 2.35. The highest BCUT2D eigenvalue weighted by atomic mass is 35.5. The zero-order chi connectivity index (χ0) is 27.9. The van der Waals surface area contributed by atoms with Gasteiger partial charge in [-0.1, -0.05) is 48.0 Å². The van der Waals surface area contributed by atoms with Crippen LogP contribution in [-0.4, -0.2) is 49.6 Å². The fourth-order valence-electron chi connectivity index (χ4n) is 5.97. The Hall–Kier alpha value is -2.58. The fraction of sp³-hybridized carbons (Fsp3) is 0.355. The molecule has 2 aliphatic heterocycles. The first-order valence-corrected chi connectivity index (χ1v) is 15.5. The van der Waals surface area contributed by atoms with Crippen molar-refractivity contribution in [3.05, 3.63) is 111 Å². The van der Waals surface area contributed by atoms with E-state index in [9.17, 15) is 17.2 Å². The molecular weight excluding hydrogens is 538 g/mol. The van der Waals surface area contributed by atoms with E-state index in [2.05, 4.69) is 47.9 Å². The zero-order valence-corrected chi connectivity index (χ0v) is 23.9. The van der Waals surface area contributed by atoms with Gasteiger partial charge in [0.1, 0.15) is 11.6 Å². The van der Waals surface area contributed by atoms with E-state index in [1.807, 2.05) is 24.3 Å². The summed E-state index contributed by atoms with van der Waals surface area (Å²) < 4.78 is 53.4. The maximum Gasteiger partial charge on any atom is 0.176 e. The SMILES string of the molecule is CC1CCC(C)N1Cc1ccc([C@H](c2ccc(Cl)cc2)N2CC(=C(c3cc(F)cc(F)c3)S(C)(=O)=O)C2)cc1. The van der Waals surface area contributed by atoms with Crippen molar-refractivity contribution >= 4 is 26.3 Å². The normalized spacial score (nSPS) is 21.1. The van der Waals surface area contributed by atoms with Crippen LogP contribution in [0.5, 0.6) is 0 Å². The number of nitrogens with zero attached hydrogens (tertiary/aromatic N) is 2. The number of halogens is 3. The summed E-state index contributed by atoms with van der Waals surface area (Å²) in [4.78, 5) is 4.70. The van der Waals surface area contributed by atoms with Crippen LogP contribution in [0.4, 0.5) is 8.78 Å². The fourth-order valence-corrected chi connectivity index (χ4v) is 7.30. The molecule has 8 heteroatoms. The topological polar surface area (TPSA) is 40.6 Å². The maximum absolute atomic E-state index is 14.0. The molecule has 3 aromatic rings. The van der Waals surface area contributed by atoms with E-state index in [0.717, 1.165) is 42.1 Å². The van der Waals surface area contributed by atoms with Crippen molar-refractivity contribution in [1.82, 2.24) is 9.80 Å². The molecule has 0 N–H and O–H groups in total. The first kappa shape index (κ1) is 28.0. The summed E-state index contributed by atoms with van der Waals surface area (Å²) in [5, 5.41) is 0.637. The van der Waals surface area contributed by atoms with Crippen LogP contribution in [0, 0.1) is 11.6 Å². The van der Waals surface area contributed by atoms with E-state index in [0.29, 0.717) is 35.8 Å². The predicted octanol–water partition coefficient (Wildman–Crippen LogP) is 6.85. The van der Waals surface area contributed by atoms with Crippen LogP contribution in [-0.2, 0) is 16.4 Å². The smallest absolute Gasteiger partial charge is 0.176 e. The van der Waals surface area contributed by atoms with Gasteiger partial charge in [0.05, 0.1) is 10.9 Å². The lowest BCUT2D eigenvalue weighted by atomic mass is 9.91. The molecule has 0 aliphatic carbocycles. The first-order chi connectivity index (χ1) is 18.5. The highest BCUT2D eigenvalue weighted by Crippen LogP contribution is 2.39. The summed E-state index contributed by atoms with van der Waals surface area (Å²) in [5.41, 5.74) is 4.05. The highest BCUT2D eigenvalue weighted by molar-refractivity contribution is 8.00. The average molecular weight is 571 g/mol. The molecule has 2 heterocycles. The minimum Gasteiger partial charge on any atom is -0.294 e. The van der Waals surface area contributed by atoms with E-state index in [1.165, 1.54) is 18.4 Å². The Labute approximate surface area is 234 Å². The molecule has 2 unspecified atom stereocenters. The minimum absolute atomic E-state index is 0.00351. The van der Waals surface area contributed by atoms with Gasteiger partial charge in [-0.25, -0.2) is 17.2 Å². The van der Waals surface area contributed by atoms with Gasteiger partial charge in [0, 0.05) is 49.1 Å². The van der Waals surface area contributed by atoms with E-state index in [4.69, 9.17) is 11.6 Å². The Kier molecular flexibility index (Phi) is 7.98. The van der Waals surface area contributed by atoms with Crippen molar-refractivity contribution in [2.75, 3.05) is 19.3 Å². The van der Waals surface area contributed by atoms with Crippen molar-refractivity contribution in [3.63, 3.8) is 0 Å². The number of hydrogen-bond donors (Lipinski definition) is 0. The predicted molar refractivity (Wildman–Crippen MR) is 153 cm³/mol. The number of benzene rings is 3. The van der Waals surface area contributed by atoms with Crippen molar-refractivity contribution in [3.8, 4) is 0 Å². The van der Waals surface area contributed by atoms with Gasteiger partial charge in [0.15, 0.2) is 9.84 Å². The lowest BCUT2D eigenvalue weighted by molar-refractivity contribution is 0.202. The summed E-state index contributed by atoms with van der Waals surface area (Å²) in [6, 6.07) is 20.2. The van der Waals surface area contributed by atoms with Gasteiger partial charge in [0.2, 0.25) is 0 Å². The second-order valence-corrected chi connectivity index (χ2v) is 13.3. The molecule has 0 spiro atoms. The van der Waals surface area contributed by atoms with Crippen molar-refractivity contribution in [2.45, 2.75) is 51.4 Å². The van der Waals surface area contributed by atoms with E-state index < -0.39 is 21.5 Å². The van der Waals surface area contributed by atoms with Gasteiger partial charge < -0.3 is 0 Å². The Bertz CT molecular complexity index is 1450. The van der Waals surface area contributed by atoms with E-state index >= 15 is 0 Å². The second kappa shape index (κ2) is 11.1. The van der Waals surface area contributed by atoms with Crippen LogP contribution in [0.25, 0.3) is 4.91 Å². The molecule has 0 bridgehead atoms. The van der Waals surface area contributed by atoms with Gasteiger partial charge >= 0.3 is 0 Å². The lowest BCUT2D eigenvalue weighted by Crippen LogP contribution is -2.44. The molecule has 0 saturated carbocycles. The van der Waals surface area contributed by atoms with Gasteiger partial charge in [0.25, 0.3) is 0 Å².